The number of carbonyl (C=O) groups excluding carboxylic acids is 2. The first-order valence-corrected chi connectivity index (χ1v) is 11.3. The van der Waals surface area contributed by atoms with Gasteiger partial charge < -0.3 is 25.2 Å². The van der Waals surface area contributed by atoms with E-state index in [1.807, 2.05) is 51.0 Å². The first-order valence-electron chi connectivity index (χ1n) is 11.3. The number of nitrogens with one attached hydrogen (secondary N) is 2. The highest BCUT2D eigenvalue weighted by Crippen LogP contribution is 2.26. The van der Waals surface area contributed by atoms with Crippen LogP contribution in [0.4, 0.5) is 20.6 Å². The average molecular weight is 457 g/mol. The molecule has 2 aromatic rings. The van der Waals surface area contributed by atoms with Gasteiger partial charge in [0.25, 0.3) is 5.91 Å². The van der Waals surface area contributed by atoms with Gasteiger partial charge in [0.2, 0.25) is 0 Å². The topological polar surface area (TPSA) is 73.9 Å². The van der Waals surface area contributed by atoms with Gasteiger partial charge in [-0.2, -0.15) is 0 Å². The average Bonchev–Trinajstić information content (AvgIpc) is 3.25. The van der Waals surface area contributed by atoms with Gasteiger partial charge in [-0.25, -0.2) is 9.18 Å². The van der Waals surface area contributed by atoms with Crippen LogP contribution in [-0.2, 0) is 11.3 Å². The fraction of sp³-hybridized carbons (Fsp3) is 0.440. The van der Waals surface area contributed by atoms with E-state index in [4.69, 9.17) is 4.74 Å². The molecule has 2 aromatic carbocycles. The summed E-state index contributed by atoms with van der Waals surface area (Å²) in [6.45, 7) is 5.17. The number of carbonyl (C=O) groups is 2. The van der Waals surface area contributed by atoms with Crippen LogP contribution in [-0.4, -0.2) is 56.2 Å². The second-order valence-corrected chi connectivity index (χ2v) is 8.82. The lowest BCUT2D eigenvalue weighted by atomic mass is 10.1. The molecule has 0 aliphatic carbocycles. The molecule has 3 amide bonds. The van der Waals surface area contributed by atoms with Crippen molar-refractivity contribution in [1.29, 1.82) is 0 Å². The number of hydrogen-bond donors (Lipinski definition) is 2. The molecular weight excluding hydrogens is 423 g/mol. The Morgan fingerprint density at radius 1 is 1.18 bits per heavy atom. The van der Waals surface area contributed by atoms with Gasteiger partial charge in [-0.05, 0) is 68.7 Å². The minimum atomic E-state index is -0.450. The van der Waals surface area contributed by atoms with Gasteiger partial charge in [0.15, 0.2) is 0 Å². The maximum Gasteiger partial charge on any atom is 0.319 e. The molecule has 0 bridgehead atoms. The molecule has 0 saturated carbocycles. The Morgan fingerprint density at radius 2 is 1.97 bits per heavy atom. The third-order valence-electron chi connectivity index (χ3n) is 5.41. The molecule has 1 heterocycles. The highest BCUT2D eigenvalue weighted by molar-refractivity contribution is 5.94. The van der Waals surface area contributed by atoms with E-state index in [1.54, 1.807) is 11.0 Å². The highest BCUT2D eigenvalue weighted by Gasteiger charge is 2.25. The Balaban J connectivity index is 1.89. The van der Waals surface area contributed by atoms with E-state index in [9.17, 15) is 14.0 Å². The van der Waals surface area contributed by atoms with Crippen molar-refractivity contribution in [2.24, 2.45) is 0 Å². The molecule has 2 N–H and O–H groups in total. The molecule has 7 nitrogen and oxygen atoms in total. The molecular formula is C25H33FN4O3. The number of halogens is 1. The Kier molecular flexibility index (Phi) is 8.27. The van der Waals surface area contributed by atoms with Crippen LogP contribution in [0, 0.1) is 5.82 Å². The molecule has 33 heavy (non-hydrogen) atoms. The summed E-state index contributed by atoms with van der Waals surface area (Å²) in [5, 5.41) is 5.65. The van der Waals surface area contributed by atoms with E-state index >= 15 is 0 Å². The zero-order valence-electron chi connectivity index (χ0n) is 19.7. The molecule has 1 unspecified atom stereocenters. The summed E-state index contributed by atoms with van der Waals surface area (Å²) < 4.78 is 19.6. The maximum absolute atomic E-state index is 13.8. The summed E-state index contributed by atoms with van der Waals surface area (Å²) in [4.78, 5) is 29.2. The summed E-state index contributed by atoms with van der Waals surface area (Å²) >= 11 is 0. The Labute approximate surface area is 194 Å². The van der Waals surface area contributed by atoms with E-state index in [1.165, 1.54) is 18.2 Å². The van der Waals surface area contributed by atoms with Crippen LogP contribution >= 0.6 is 0 Å². The number of hydrogen-bond acceptors (Lipinski definition) is 4. The maximum atomic E-state index is 13.8. The molecule has 1 fully saturated rings. The monoisotopic (exact) mass is 456 g/mol. The molecule has 1 aliphatic rings. The Bertz CT molecular complexity index is 974. The summed E-state index contributed by atoms with van der Waals surface area (Å²) in [6, 6.07) is 11.1. The van der Waals surface area contributed by atoms with Crippen LogP contribution in [0.25, 0.3) is 0 Å². The second-order valence-electron chi connectivity index (χ2n) is 8.82. The number of amides is 3. The summed E-state index contributed by atoms with van der Waals surface area (Å²) in [5.74, 6) is -0.708. The van der Waals surface area contributed by atoms with Gasteiger partial charge in [0.05, 0.1) is 6.10 Å². The summed E-state index contributed by atoms with van der Waals surface area (Å²) in [5.41, 5.74) is 2.72. The lowest BCUT2D eigenvalue weighted by Crippen LogP contribution is -2.37. The predicted molar refractivity (Wildman–Crippen MR) is 128 cm³/mol. The molecule has 3 rings (SSSR count). The van der Waals surface area contributed by atoms with Crippen molar-refractivity contribution in [1.82, 2.24) is 10.2 Å². The van der Waals surface area contributed by atoms with Gasteiger partial charge in [0, 0.05) is 56.8 Å². The van der Waals surface area contributed by atoms with Crippen molar-refractivity contribution in [2.75, 3.05) is 37.5 Å². The molecule has 0 aromatic heterocycles. The molecule has 1 aliphatic heterocycles. The first kappa shape index (κ1) is 24.5. The highest BCUT2D eigenvalue weighted by atomic mass is 19.1. The van der Waals surface area contributed by atoms with Crippen molar-refractivity contribution >= 4 is 23.3 Å². The van der Waals surface area contributed by atoms with Crippen LogP contribution in [0.2, 0.25) is 0 Å². The Hall–Kier alpha value is -3.13. The number of ether oxygens (including phenoxy) is 1. The minimum Gasteiger partial charge on any atom is -0.377 e. The zero-order valence-corrected chi connectivity index (χ0v) is 19.7. The van der Waals surface area contributed by atoms with Gasteiger partial charge in [-0.3, -0.25) is 4.79 Å². The van der Waals surface area contributed by atoms with Crippen molar-refractivity contribution < 1.29 is 18.7 Å². The van der Waals surface area contributed by atoms with Crippen LogP contribution in [0.3, 0.4) is 0 Å². The number of urea groups is 1. The SMILES string of the molecule is CC(C)NC(=O)Nc1ccc(N(C)C)c(CN(CC2CCCO2)C(=O)c2cccc(F)c2)c1. The van der Waals surface area contributed by atoms with E-state index in [2.05, 4.69) is 10.6 Å². The Morgan fingerprint density at radius 3 is 2.61 bits per heavy atom. The van der Waals surface area contributed by atoms with Crippen molar-refractivity contribution in [3.05, 3.63) is 59.4 Å². The van der Waals surface area contributed by atoms with Gasteiger partial charge in [-0.15, -0.1) is 0 Å². The molecule has 1 atom stereocenters. The van der Waals surface area contributed by atoms with Crippen molar-refractivity contribution in [3.8, 4) is 0 Å². The standard InChI is InChI=1S/C25H33FN4O3/c1-17(2)27-25(32)28-21-10-11-23(29(3)4)19(14-21)15-30(16-22-9-6-12-33-22)24(31)18-7-5-8-20(26)13-18/h5,7-8,10-11,13-14,17,22H,6,9,12,15-16H2,1-4H3,(H2,27,28,32). The van der Waals surface area contributed by atoms with E-state index in [-0.39, 0.29) is 24.1 Å². The van der Waals surface area contributed by atoms with E-state index in [0.29, 0.717) is 30.9 Å². The molecule has 1 saturated heterocycles. The number of rotatable bonds is 8. The summed E-state index contributed by atoms with van der Waals surface area (Å²) in [7, 11) is 3.85. The zero-order chi connectivity index (χ0) is 24.0. The van der Waals surface area contributed by atoms with Crippen molar-refractivity contribution in [2.45, 2.75) is 45.4 Å². The van der Waals surface area contributed by atoms with Gasteiger partial charge in [-0.1, -0.05) is 6.07 Å². The summed E-state index contributed by atoms with van der Waals surface area (Å²) in [6.07, 6.45) is 1.79. The first-order chi connectivity index (χ1) is 15.7. The van der Waals surface area contributed by atoms with Crippen molar-refractivity contribution in [3.63, 3.8) is 0 Å². The smallest absolute Gasteiger partial charge is 0.319 e. The lowest BCUT2D eigenvalue weighted by molar-refractivity contribution is 0.0507. The lowest BCUT2D eigenvalue weighted by Gasteiger charge is -2.28. The molecule has 0 radical (unpaired) electrons. The van der Waals surface area contributed by atoms with E-state index in [0.717, 1.165) is 24.1 Å². The largest absolute Gasteiger partial charge is 0.377 e. The van der Waals surface area contributed by atoms with E-state index < -0.39 is 5.82 Å². The van der Waals surface area contributed by atoms with Gasteiger partial charge in [0.1, 0.15) is 5.82 Å². The number of benzene rings is 2. The second kappa shape index (κ2) is 11.1. The van der Waals surface area contributed by atoms with Crippen LogP contribution < -0.4 is 15.5 Å². The number of nitrogens with zero attached hydrogens (tertiary/aromatic N) is 2. The number of anilines is 2. The van der Waals surface area contributed by atoms with Crippen LogP contribution in [0.5, 0.6) is 0 Å². The predicted octanol–water partition coefficient (Wildman–Crippen LogP) is 4.24. The van der Waals surface area contributed by atoms with Gasteiger partial charge >= 0.3 is 6.03 Å². The third-order valence-corrected chi connectivity index (χ3v) is 5.41. The fourth-order valence-electron chi connectivity index (χ4n) is 3.92. The normalized spacial score (nSPS) is 15.4. The quantitative estimate of drug-likeness (QED) is 0.623. The van der Waals surface area contributed by atoms with Crippen LogP contribution in [0.15, 0.2) is 42.5 Å². The molecule has 8 heteroatoms. The fourth-order valence-corrected chi connectivity index (χ4v) is 3.92. The third kappa shape index (κ3) is 6.92. The van der Waals surface area contributed by atoms with Crippen LogP contribution in [0.1, 0.15) is 42.6 Å². The molecule has 0 spiro atoms. The minimum absolute atomic E-state index is 0.0105. The molecule has 178 valence electrons.